The summed E-state index contributed by atoms with van der Waals surface area (Å²) in [5.41, 5.74) is 30.2. The second-order valence-electron chi connectivity index (χ2n) is 11.9. The largest absolute Gasteiger partial charge is 0.389 e. The van der Waals surface area contributed by atoms with Gasteiger partial charge in [0, 0.05) is 25.2 Å². The van der Waals surface area contributed by atoms with E-state index in [9.17, 15) is 35.4 Å². The van der Waals surface area contributed by atoms with Crippen LogP contribution in [0.4, 0.5) is 0 Å². The van der Waals surface area contributed by atoms with Gasteiger partial charge in [0.05, 0.1) is 36.4 Å². The van der Waals surface area contributed by atoms with Crippen molar-refractivity contribution >= 4 is 5.91 Å². The first-order valence-corrected chi connectivity index (χ1v) is 14.8. The molecule has 2 aliphatic carbocycles. The number of nitrogens with two attached hydrogens (primary N) is 5. The molecule has 0 unspecified atom stereocenters. The summed E-state index contributed by atoms with van der Waals surface area (Å²) >= 11 is 0. The molecule has 2 saturated carbocycles. The van der Waals surface area contributed by atoms with Gasteiger partial charge in [-0.15, -0.1) is 0 Å². The van der Waals surface area contributed by atoms with Crippen molar-refractivity contribution in [3.05, 3.63) is 0 Å². The Bertz CT molecular complexity index is 908. The first-order chi connectivity index (χ1) is 20.4. The zero-order valence-corrected chi connectivity index (χ0v) is 23.9. The predicted molar refractivity (Wildman–Crippen MR) is 147 cm³/mol. The van der Waals surface area contributed by atoms with E-state index in [1.807, 2.05) is 0 Å². The summed E-state index contributed by atoms with van der Waals surface area (Å²) in [6, 6.07) is -3.81. The molecule has 2 saturated heterocycles. The van der Waals surface area contributed by atoms with Gasteiger partial charge in [-0.1, -0.05) is 0 Å². The van der Waals surface area contributed by atoms with Gasteiger partial charge in [0.25, 0.3) is 0 Å². The molecule has 18 N–H and O–H groups in total. The quantitative estimate of drug-likeness (QED) is 0.0959. The van der Waals surface area contributed by atoms with Gasteiger partial charge in [0.2, 0.25) is 5.91 Å². The molecule has 4 fully saturated rings. The molecule has 1 amide bonds. The minimum atomic E-state index is -1.68. The van der Waals surface area contributed by atoms with Crippen LogP contribution in [0.3, 0.4) is 0 Å². The summed E-state index contributed by atoms with van der Waals surface area (Å²) in [4.78, 5) is 12.8. The van der Waals surface area contributed by atoms with Gasteiger partial charge < -0.3 is 88.9 Å². The van der Waals surface area contributed by atoms with Gasteiger partial charge >= 0.3 is 0 Å². The zero-order valence-electron chi connectivity index (χ0n) is 23.9. The standard InChI is InChI=1S/C25H49N7O11/c26-4-3-11(33)23(39)32-10-5-9(28)21(42-25-20(38)19(37)17(35)12(6-27)40-25)15(30)22(10)43-24-18(36)14(29)16(34)13(41-24)7-31-8-1-2-8/h8-22,24-25,31,33-38H,1-7,26-30H2,(H,32,39)/t9-,10-,11+,12-,13+,14-,15+,16+,17-,18+,19+,20-,21-,22-,24+,25+/m1/s1. The van der Waals surface area contributed by atoms with Crippen molar-refractivity contribution in [3.63, 3.8) is 0 Å². The van der Waals surface area contributed by atoms with Crippen LogP contribution >= 0.6 is 0 Å². The summed E-state index contributed by atoms with van der Waals surface area (Å²) < 4.78 is 23.6. The SMILES string of the molecule is NCC[C@H](O)C(=O)N[C@@H]1C[C@@H](N)[C@@H](O[C@@H]2O[C@H](CN)[C@@H](O)[C@H](O)[C@H]2O)[C@H](N)[C@@H]1O[C@@H]1O[C@@H](CNC2CC2)[C@H](O)[C@@H](N)[C@@H]1O. The number of rotatable bonds is 12. The van der Waals surface area contributed by atoms with Crippen molar-refractivity contribution in [2.45, 2.75) is 130 Å². The van der Waals surface area contributed by atoms with Gasteiger partial charge in [-0.3, -0.25) is 4.79 Å². The molecule has 4 aliphatic rings. The molecule has 0 spiro atoms. The van der Waals surface area contributed by atoms with E-state index in [2.05, 4.69) is 10.6 Å². The van der Waals surface area contributed by atoms with E-state index in [-0.39, 0.29) is 32.5 Å². The van der Waals surface area contributed by atoms with Crippen LogP contribution in [-0.4, -0.2) is 160 Å². The maximum atomic E-state index is 12.8. The number of carbonyl (C=O) groups excluding carboxylic acids is 1. The molecule has 0 aromatic heterocycles. The Morgan fingerprint density at radius 3 is 2.09 bits per heavy atom. The number of aliphatic hydroxyl groups is 6. The molecule has 0 bridgehead atoms. The molecular weight excluding hydrogens is 574 g/mol. The van der Waals surface area contributed by atoms with E-state index in [4.69, 9.17) is 47.6 Å². The van der Waals surface area contributed by atoms with Crippen molar-refractivity contribution in [3.8, 4) is 0 Å². The number of ether oxygens (including phenoxy) is 4. The van der Waals surface area contributed by atoms with E-state index in [0.717, 1.165) is 12.8 Å². The number of aliphatic hydroxyl groups excluding tert-OH is 6. The number of carbonyl (C=O) groups is 1. The average Bonchev–Trinajstić information content (AvgIpc) is 3.81. The molecule has 0 radical (unpaired) electrons. The van der Waals surface area contributed by atoms with Crippen LogP contribution in [0.1, 0.15) is 25.7 Å². The van der Waals surface area contributed by atoms with Crippen LogP contribution in [0.25, 0.3) is 0 Å². The molecule has 2 aliphatic heterocycles. The summed E-state index contributed by atoms with van der Waals surface area (Å²) in [5.74, 6) is -0.750. The van der Waals surface area contributed by atoms with Crippen LogP contribution in [0.2, 0.25) is 0 Å². The minimum Gasteiger partial charge on any atom is -0.389 e. The lowest BCUT2D eigenvalue weighted by molar-refractivity contribution is -0.320. The monoisotopic (exact) mass is 623 g/mol. The number of hydrogen-bond donors (Lipinski definition) is 13. The van der Waals surface area contributed by atoms with E-state index >= 15 is 0 Å². The van der Waals surface area contributed by atoms with Gasteiger partial charge in [0.1, 0.15) is 42.7 Å². The molecule has 43 heavy (non-hydrogen) atoms. The normalized spacial score (nSPS) is 46.3. The smallest absolute Gasteiger partial charge is 0.249 e. The Morgan fingerprint density at radius 1 is 0.837 bits per heavy atom. The second kappa shape index (κ2) is 14.9. The van der Waals surface area contributed by atoms with Crippen LogP contribution in [0.15, 0.2) is 0 Å². The highest BCUT2D eigenvalue weighted by Crippen LogP contribution is 2.31. The highest BCUT2D eigenvalue weighted by Gasteiger charge is 2.52. The highest BCUT2D eigenvalue weighted by atomic mass is 16.7. The number of hydrogen-bond acceptors (Lipinski definition) is 17. The Hall–Kier alpha value is -1.17. The van der Waals surface area contributed by atoms with Gasteiger partial charge in [-0.05, 0) is 32.2 Å². The Labute approximate surface area is 249 Å². The van der Waals surface area contributed by atoms with Crippen LogP contribution in [0, 0.1) is 0 Å². The molecule has 4 rings (SSSR count). The van der Waals surface area contributed by atoms with Gasteiger partial charge in [-0.25, -0.2) is 0 Å². The van der Waals surface area contributed by atoms with Crippen molar-refractivity contribution in [2.75, 3.05) is 19.6 Å². The third-order valence-electron chi connectivity index (χ3n) is 8.60. The second-order valence-corrected chi connectivity index (χ2v) is 11.9. The molecule has 18 nitrogen and oxygen atoms in total. The van der Waals surface area contributed by atoms with Crippen LogP contribution in [-0.2, 0) is 23.7 Å². The van der Waals surface area contributed by atoms with Crippen molar-refractivity contribution in [2.24, 2.45) is 28.7 Å². The molecule has 18 heteroatoms. The van der Waals surface area contributed by atoms with Crippen LogP contribution in [0.5, 0.6) is 0 Å². The van der Waals surface area contributed by atoms with Crippen LogP contribution < -0.4 is 39.3 Å². The Morgan fingerprint density at radius 2 is 1.47 bits per heavy atom. The Balaban J connectivity index is 1.54. The maximum absolute atomic E-state index is 12.8. The minimum absolute atomic E-state index is 0.00577. The molecule has 16 atom stereocenters. The molecule has 0 aromatic carbocycles. The summed E-state index contributed by atoms with van der Waals surface area (Å²) in [5, 5.41) is 68.6. The van der Waals surface area contributed by atoms with Crippen molar-refractivity contribution in [1.82, 2.24) is 10.6 Å². The lowest BCUT2D eigenvalue weighted by Gasteiger charge is -2.49. The third-order valence-corrected chi connectivity index (χ3v) is 8.60. The topological polar surface area (TPSA) is 330 Å². The number of amides is 1. The Kier molecular flexibility index (Phi) is 12.1. The summed E-state index contributed by atoms with van der Waals surface area (Å²) in [6.07, 6.45) is -13.9. The number of nitrogens with one attached hydrogen (secondary N) is 2. The summed E-state index contributed by atoms with van der Waals surface area (Å²) in [6.45, 7) is 0.122. The lowest BCUT2D eigenvalue weighted by Crippen LogP contribution is -2.71. The lowest BCUT2D eigenvalue weighted by atomic mass is 9.82. The highest BCUT2D eigenvalue weighted by molar-refractivity contribution is 5.80. The van der Waals surface area contributed by atoms with Crippen molar-refractivity contribution in [1.29, 1.82) is 0 Å². The molecular formula is C25H49N7O11. The fourth-order valence-electron chi connectivity index (χ4n) is 5.74. The fraction of sp³-hybridized carbons (Fsp3) is 0.960. The third kappa shape index (κ3) is 7.98. The van der Waals surface area contributed by atoms with Gasteiger partial charge in [-0.2, -0.15) is 0 Å². The maximum Gasteiger partial charge on any atom is 0.249 e. The first-order valence-electron chi connectivity index (χ1n) is 14.8. The van der Waals surface area contributed by atoms with E-state index < -0.39 is 104 Å². The van der Waals surface area contributed by atoms with E-state index in [1.54, 1.807) is 0 Å². The van der Waals surface area contributed by atoms with E-state index in [0.29, 0.717) is 6.04 Å². The summed E-state index contributed by atoms with van der Waals surface area (Å²) in [7, 11) is 0. The van der Waals surface area contributed by atoms with Crippen molar-refractivity contribution < 1.29 is 54.4 Å². The average molecular weight is 624 g/mol. The van der Waals surface area contributed by atoms with Gasteiger partial charge in [0.15, 0.2) is 12.6 Å². The zero-order chi connectivity index (χ0) is 31.6. The fourth-order valence-corrected chi connectivity index (χ4v) is 5.74. The molecule has 250 valence electrons. The first kappa shape index (κ1) is 34.7. The molecule has 0 aromatic rings. The molecule has 2 heterocycles. The van der Waals surface area contributed by atoms with E-state index in [1.165, 1.54) is 0 Å². The predicted octanol–water partition coefficient (Wildman–Crippen LogP) is -7.70.